The van der Waals surface area contributed by atoms with Crippen molar-refractivity contribution in [2.24, 2.45) is 4.99 Å². The topological polar surface area (TPSA) is 45.7 Å². The van der Waals surface area contributed by atoms with Crippen molar-refractivity contribution < 1.29 is 13.5 Å². The minimum Gasteiger partial charge on any atom is -0.383 e. The number of nitrogens with zero attached hydrogens (tertiary/aromatic N) is 1. The minimum absolute atomic E-state index is 0. The summed E-state index contributed by atoms with van der Waals surface area (Å²) in [6.45, 7) is 1.19. The zero-order valence-electron chi connectivity index (χ0n) is 12.0. The molecule has 0 aromatic heterocycles. The van der Waals surface area contributed by atoms with E-state index in [1.807, 2.05) is 0 Å². The molecule has 0 spiro atoms. The van der Waals surface area contributed by atoms with Crippen molar-refractivity contribution in [3.05, 3.63) is 35.4 Å². The van der Waals surface area contributed by atoms with Gasteiger partial charge in [-0.2, -0.15) is 0 Å². The largest absolute Gasteiger partial charge is 0.383 e. The number of aliphatic imine (C=N–C) groups is 1. The minimum atomic E-state index is -0.485. The second-order valence-corrected chi connectivity index (χ2v) is 4.72. The van der Waals surface area contributed by atoms with E-state index in [-0.39, 0.29) is 41.5 Å². The first-order valence-electron chi connectivity index (χ1n) is 6.57. The Morgan fingerprint density at radius 3 is 2.62 bits per heavy atom. The van der Waals surface area contributed by atoms with Gasteiger partial charge in [-0.1, -0.05) is 6.07 Å². The molecule has 0 saturated heterocycles. The second-order valence-electron chi connectivity index (χ2n) is 4.72. The van der Waals surface area contributed by atoms with Crippen molar-refractivity contribution in [2.45, 2.75) is 18.4 Å². The average Bonchev–Trinajstić information content (AvgIpc) is 3.16. The molecule has 0 radical (unpaired) electrons. The molecular formula is C14H20F2IN3O. The number of ether oxygens (including phenoxy) is 1. The molecule has 0 bridgehead atoms. The van der Waals surface area contributed by atoms with Crippen LogP contribution in [0.15, 0.2) is 23.2 Å². The van der Waals surface area contributed by atoms with E-state index in [1.165, 1.54) is 18.2 Å². The number of rotatable bonds is 5. The van der Waals surface area contributed by atoms with Crippen LogP contribution in [0.2, 0.25) is 0 Å². The van der Waals surface area contributed by atoms with E-state index in [4.69, 9.17) is 4.74 Å². The third kappa shape index (κ3) is 4.77. The summed E-state index contributed by atoms with van der Waals surface area (Å²) < 4.78 is 32.2. The number of benzene rings is 1. The molecule has 2 unspecified atom stereocenters. The predicted molar refractivity (Wildman–Crippen MR) is 89.3 cm³/mol. The van der Waals surface area contributed by atoms with Crippen LogP contribution in [0.4, 0.5) is 8.78 Å². The Hall–Kier alpha value is -0.960. The molecule has 1 aliphatic rings. The lowest BCUT2D eigenvalue weighted by Crippen LogP contribution is -2.40. The van der Waals surface area contributed by atoms with Gasteiger partial charge in [0.05, 0.1) is 6.61 Å². The molecular weight excluding hydrogens is 391 g/mol. The maximum Gasteiger partial charge on any atom is 0.191 e. The Balaban J connectivity index is 0.00000220. The Kier molecular flexibility index (Phi) is 7.30. The third-order valence-corrected chi connectivity index (χ3v) is 3.31. The molecule has 21 heavy (non-hydrogen) atoms. The molecule has 118 valence electrons. The normalized spacial score (nSPS) is 20.7. The van der Waals surface area contributed by atoms with Gasteiger partial charge >= 0.3 is 0 Å². The molecule has 0 heterocycles. The van der Waals surface area contributed by atoms with Crippen molar-refractivity contribution in [3.8, 4) is 0 Å². The van der Waals surface area contributed by atoms with Crippen molar-refractivity contribution >= 4 is 29.9 Å². The fourth-order valence-electron chi connectivity index (χ4n) is 2.18. The molecule has 1 aromatic rings. The Morgan fingerprint density at radius 1 is 1.38 bits per heavy atom. The first-order chi connectivity index (χ1) is 9.67. The monoisotopic (exact) mass is 411 g/mol. The van der Waals surface area contributed by atoms with Crippen molar-refractivity contribution in [3.63, 3.8) is 0 Å². The summed E-state index contributed by atoms with van der Waals surface area (Å²) in [4.78, 5) is 4.06. The Morgan fingerprint density at radius 2 is 2.05 bits per heavy atom. The van der Waals surface area contributed by atoms with E-state index in [2.05, 4.69) is 15.6 Å². The molecule has 4 nitrogen and oxygen atoms in total. The van der Waals surface area contributed by atoms with Gasteiger partial charge in [0.25, 0.3) is 0 Å². The summed E-state index contributed by atoms with van der Waals surface area (Å²) in [7, 11) is 3.28. The molecule has 7 heteroatoms. The van der Waals surface area contributed by atoms with Gasteiger partial charge in [-0.25, -0.2) is 8.78 Å². The van der Waals surface area contributed by atoms with E-state index in [0.29, 0.717) is 25.5 Å². The molecule has 2 N–H and O–H groups in total. The zero-order chi connectivity index (χ0) is 14.5. The summed E-state index contributed by atoms with van der Waals surface area (Å²) in [5, 5.41) is 6.22. The molecule has 1 saturated carbocycles. The number of nitrogens with one attached hydrogen (secondary N) is 2. The van der Waals surface area contributed by atoms with Crippen LogP contribution >= 0.6 is 24.0 Å². The van der Waals surface area contributed by atoms with Gasteiger partial charge in [-0.05, 0) is 18.6 Å². The lowest BCUT2D eigenvalue weighted by atomic mass is 10.1. The van der Waals surface area contributed by atoms with Crippen LogP contribution in [-0.2, 0) is 4.74 Å². The van der Waals surface area contributed by atoms with Crippen LogP contribution in [0.3, 0.4) is 0 Å². The van der Waals surface area contributed by atoms with Crippen molar-refractivity contribution in [1.82, 2.24) is 10.6 Å². The number of halogens is 3. The van der Waals surface area contributed by atoms with Crippen LogP contribution in [0, 0.1) is 11.6 Å². The van der Waals surface area contributed by atoms with Crippen molar-refractivity contribution in [1.29, 1.82) is 0 Å². The fraction of sp³-hybridized carbons (Fsp3) is 0.500. The highest BCUT2D eigenvalue weighted by molar-refractivity contribution is 14.0. The lowest BCUT2D eigenvalue weighted by Gasteiger charge is -2.11. The maximum atomic E-state index is 13.7. The third-order valence-electron chi connectivity index (χ3n) is 3.31. The van der Waals surface area contributed by atoms with Gasteiger partial charge in [0.2, 0.25) is 0 Å². The van der Waals surface area contributed by atoms with Crippen LogP contribution in [-0.4, -0.2) is 39.3 Å². The van der Waals surface area contributed by atoms with Crippen LogP contribution in [0.25, 0.3) is 0 Å². The van der Waals surface area contributed by atoms with Gasteiger partial charge in [0, 0.05) is 38.2 Å². The molecule has 0 amide bonds. The average molecular weight is 411 g/mol. The zero-order valence-corrected chi connectivity index (χ0v) is 14.4. The lowest BCUT2D eigenvalue weighted by molar-refractivity contribution is 0.203. The molecule has 1 aromatic carbocycles. The summed E-state index contributed by atoms with van der Waals surface area (Å²) >= 11 is 0. The van der Waals surface area contributed by atoms with Gasteiger partial charge in [-0.15, -0.1) is 24.0 Å². The number of hydrogen-bond acceptors (Lipinski definition) is 2. The van der Waals surface area contributed by atoms with Crippen molar-refractivity contribution in [2.75, 3.05) is 27.3 Å². The number of hydrogen-bond donors (Lipinski definition) is 2. The smallest absolute Gasteiger partial charge is 0.191 e. The first kappa shape index (κ1) is 18.1. The molecule has 1 aliphatic carbocycles. The predicted octanol–water partition coefficient (Wildman–Crippen LogP) is 2.25. The van der Waals surface area contributed by atoms with E-state index in [1.54, 1.807) is 14.2 Å². The molecule has 2 rings (SSSR count). The number of guanidine groups is 1. The fourth-order valence-corrected chi connectivity index (χ4v) is 2.18. The van der Waals surface area contributed by atoms with Gasteiger partial charge in [-0.3, -0.25) is 4.99 Å². The summed E-state index contributed by atoms with van der Waals surface area (Å²) in [5.41, 5.74) is 0.164. The van der Waals surface area contributed by atoms with Gasteiger partial charge < -0.3 is 15.4 Å². The SMILES string of the molecule is CN=C(NCCOC)NC1CC1c1c(F)cccc1F.I. The van der Waals surface area contributed by atoms with E-state index in [9.17, 15) is 8.78 Å². The second kappa shape index (κ2) is 8.47. The highest BCUT2D eigenvalue weighted by Gasteiger charge is 2.42. The Bertz CT molecular complexity index is 479. The highest BCUT2D eigenvalue weighted by Crippen LogP contribution is 2.42. The quantitative estimate of drug-likeness (QED) is 0.338. The summed E-state index contributed by atoms with van der Waals surface area (Å²) in [5.74, 6) is -0.494. The molecule has 0 aliphatic heterocycles. The van der Waals surface area contributed by atoms with Crippen LogP contribution in [0.1, 0.15) is 17.9 Å². The first-order valence-corrected chi connectivity index (χ1v) is 6.57. The maximum absolute atomic E-state index is 13.7. The molecule has 2 atom stereocenters. The van der Waals surface area contributed by atoms with Crippen LogP contribution in [0.5, 0.6) is 0 Å². The van der Waals surface area contributed by atoms with E-state index in [0.717, 1.165) is 0 Å². The van der Waals surface area contributed by atoms with Crippen LogP contribution < -0.4 is 10.6 Å². The Labute approximate surface area is 140 Å². The number of methoxy groups -OCH3 is 1. The highest BCUT2D eigenvalue weighted by atomic mass is 127. The summed E-state index contributed by atoms with van der Waals surface area (Å²) in [6.07, 6.45) is 0.697. The van der Waals surface area contributed by atoms with Gasteiger partial charge in [0.15, 0.2) is 5.96 Å². The molecule has 1 fully saturated rings. The summed E-state index contributed by atoms with van der Waals surface area (Å²) in [6, 6.07) is 3.97. The van der Waals surface area contributed by atoms with E-state index < -0.39 is 11.6 Å². The standard InChI is InChI=1S/C14H19F2N3O.HI/c1-17-14(18-6-7-20-2)19-12-8-9(12)13-10(15)4-3-5-11(13)16;/h3-5,9,12H,6-8H2,1-2H3,(H2,17,18,19);1H. The van der Waals surface area contributed by atoms with E-state index >= 15 is 0 Å². The van der Waals surface area contributed by atoms with Gasteiger partial charge in [0.1, 0.15) is 11.6 Å².